The predicted molar refractivity (Wildman–Crippen MR) is 284 cm³/mol. The van der Waals surface area contributed by atoms with Gasteiger partial charge in [-0.15, -0.1) is 0 Å². The van der Waals surface area contributed by atoms with E-state index in [1.165, 1.54) is 77.4 Å². The molecular weight excluding hydrogens is 797 g/mol. The van der Waals surface area contributed by atoms with Gasteiger partial charge in [-0.3, -0.25) is 0 Å². The normalized spacial score (nSPS) is 12.6. The van der Waals surface area contributed by atoms with Gasteiger partial charge in [-0.2, -0.15) is 0 Å². The zero-order valence-corrected chi connectivity index (χ0v) is 38.5. The largest absolute Gasteiger partial charge is 0.310 e. The summed E-state index contributed by atoms with van der Waals surface area (Å²) in [6.07, 6.45) is 4.04. The minimum Gasteiger partial charge on any atom is -0.310 e. The van der Waals surface area contributed by atoms with Gasteiger partial charge in [0.2, 0.25) is 0 Å². The highest BCUT2D eigenvalue weighted by molar-refractivity contribution is 6.09. The molecule has 12 rings (SSSR count). The van der Waals surface area contributed by atoms with Gasteiger partial charge in [-0.05, 0) is 134 Å². The summed E-state index contributed by atoms with van der Waals surface area (Å²) in [4.78, 5) is 2.41. The van der Waals surface area contributed by atoms with Crippen LogP contribution in [0.3, 0.4) is 0 Å². The van der Waals surface area contributed by atoms with E-state index in [-0.39, 0.29) is 0 Å². The van der Waals surface area contributed by atoms with Crippen molar-refractivity contribution in [2.24, 2.45) is 0 Å². The molecule has 1 spiro atoms. The van der Waals surface area contributed by atoms with E-state index in [2.05, 4.69) is 241 Å². The monoisotopic (exact) mass is 850 g/mol. The van der Waals surface area contributed by atoms with Gasteiger partial charge < -0.3 is 9.47 Å². The maximum absolute atomic E-state index is 4.07. The number of nitrogens with zero attached hydrogens (tertiary/aromatic N) is 2. The lowest BCUT2D eigenvalue weighted by Crippen LogP contribution is -2.26. The second-order valence-corrected chi connectivity index (χ2v) is 16.4. The zero-order valence-electron chi connectivity index (χ0n) is 38.5. The molecule has 320 valence electrons. The van der Waals surface area contributed by atoms with Crippen LogP contribution in [0.1, 0.15) is 62.4 Å². The molecule has 0 amide bonds. The molecule has 0 atom stereocenters. The molecule has 0 unspecified atom stereocenters. The number of para-hydroxylation sites is 2. The Labute approximate surface area is 390 Å². The first kappa shape index (κ1) is 42.0. The van der Waals surface area contributed by atoms with Gasteiger partial charge in [0.15, 0.2) is 0 Å². The molecule has 9 aromatic carbocycles. The number of allylic oxidation sites excluding steroid dienone is 3. The molecule has 0 bridgehead atoms. The fourth-order valence-electron chi connectivity index (χ4n) is 10.7. The Balaban J connectivity index is 0.00000125. The third-order valence-electron chi connectivity index (χ3n) is 13.4. The Bertz CT molecular complexity index is 3300. The molecule has 2 heteroatoms. The number of fused-ring (bicyclic) bond motifs is 13. The topological polar surface area (TPSA) is 8.17 Å². The summed E-state index contributed by atoms with van der Waals surface area (Å²) >= 11 is 0. The molecule has 0 fully saturated rings. The van der Waals surface area contributed by atoms with Crippen molar-refractivity contribution in [3.8, 4) is 39.1 Å². The summed E-state index contributed by atoms with van der Waals surface area (Å²) in [7, 11) is 0. The first-order valence-electron chi connectivity index (χ1n) is 23.5. The fraction of sp³-hybridized carbons (Fsp3) is 0.0938. The summed E-state index contributed by atoms with van der Waals surface area (Å²) in [6.45, 7) is 14.1. The summed E-state index contributed by atoms with van der Waals surface area (Å²) in [5.74, 6) is 0. The Kier molecular flexibility index (Phi) is 11.2. The molecule has 2 aliphatic rings. The van der Waals surface area contributed by atoms with E-state index in [4.69, 9.17) is 0 Å². The Morgan fingerprint density at radius 2 is 0.848 bits per heavy atom. The van der Waals surface area contributed by atoms with Crippen molar-refractivity contribution in [3.05, 3.63) is 259 Å². The lowest BCUT2D eigenvalue weighted by molar-refractivity contribution is 0.793. The average Bonchev–Trinajstić information content (AvgIpc) is 4.01. The van der Waals surface area contributed by atoms with Crippen LogP contribution in [0.15, 0.2) is 231 Å². The summed E-state index contributed by atoms with van der Waals surface area (Å²) in [5.41, 5.74) is 21.6. The second-order valence-electron chi connectivity index (χ2n) is 16.4. The van der Waals surface area contributed by atoms with Crippen molar-refractivity contribution < 1.29 is 0 Å². The molecule has 2 aliphatic carbocycles. The number of anilines is 3. The predicted octanol–water partition coefficient (Wildman–Crippen LogP) is 17.9. The number of hydrogen-bond acceptors (Lipinski definition) is 1. The molecule has 10 aromatic rings. The molecule has 1 heterocycles. The Morgan fingerprint density at radius 1 is 0.439 bits per heavy atom. The van der Waals surface area contributed by atoms with E-state index in [9.17, 15) is 0 Å². The standard InChI is InChI=1S/C60H42N2.2C2H6/c1-3-40(4-2)41-25-31-44(32-26-41)61(45-33-27-42(28-34-45)43-29-35-46(36-30-43)62-58-23-13-8-18-52(58)53-19-9-14-24-59(53)62)47-37-38-51-50-17-7-12-22-56(50)60(57(51)39-47)54-20-10-5-15-48(54)49-16-6-11-21-55(49)60;2*1-2/h3-39H,1H2,2H3;2*1-2H3/b40-4+;;. The second kappa shape index (κ2) is 17.6. The van der Waals surface area contributed by atoms with Gasteiger partial charge in [0.05, 0.1) is 16.4 Å². The van der Waals surface area contributed by atoms with Crippen LogP contribution in [0.5, 0.6) is 0 Å². The van der Waals surface area contributed by atoms with E-state index in [0.717, 1.165) is 33.9 Å². The SMILES string of the molecule is C=C/C(=C\C)c1ccc(N(c2ccc(-c3ccc(-n4c5ccccc5c5ccccc54)cc3)cc2)c2ccc3c(c2)C2(c4ccccc4-c4ccccc42)c2ccccc2-3)cc1.CC.CC. The smallest absolute Gasteiger partial charge is 0.0726 e. The van der Waals surface area contributed by atoms with Crippen LogP contribution in [-0.4, -0.2) is 4.57 Å². The highest BCUT2D eigenvalue weighted by Gasteiger charge is 2.51. The first-order valence-corrected chi connectivity index (χ1v) is 23.5. The quantitative estimate of drug-likeness (QED) is 0.145. The molecule has 0 saturated heterocycles. The van der Waals surface area contributed by atoms with Gasteiger partial charge >= 0.3 is 0 Å². The lowest BCUT2D eigenvalue weighted by Gasteiger charge is -2.32. The van der Waals surface area contributed by atoms with E-state index in [0.29, 0.717) is 0 Å². The maximum Gasteiger partial charge on any atom is 0.0726 e. The van der Waals surface area contributed by atoms with E-state index >= 15 is 0 Å². The Hall–Kier alpha value is -7.94. The van der Waals surface area contributed by atoms with Crippen molar-refractivity contribution in [2.45, 2.75) is 40.0 Å². The van der Waals surface area contributed by atoms with E-state index in [1.54, 1.807) is 0 Å². The lowest BCUT2D eigenvalue weighted by atomic mass is 9.70. The average molecular weight is 851 g/mol. The number of aromatic nitrogens is 1. The van der Waals surface area contributed by atoms with Crippen LogP contribution in [0, 0.1) is 0 Å². The molecule has 0 radical (unpaired) electrons. The van der Waals surface area contributed by atoms with Crippen LogP contribution in [0.2, 0.25) is 0 Å². The van der Waals surface area contributed by atoms with Crippen molar-refractivity contribution in [1.29, 1.82) is 0 Å². The highest BCUT2D eigenvalue weighted by Crippen LogP contribution is 2.63. The summed E-state index contributed by atoms with van der Waals surface area (Å²) in [6, 6.07) is 78.5. The number of benzene rings is 9. The van der Waals surface area contributed by atoms with Gasteiger partial charge in [0.25, 0.3) is 0 Å². The molecule has 1 aromatic heterocycles. The fourth-order valence-corrected chi connectivity index (χ4v) is 10.7. The molecule has 66 heavy (non-hydrogen) atoms. The van der Waals surface area contributed by atoms with E-state index in [1.807, 2.05) is 33.8 Å². The van der Waals surface area contributed by atoms with Crippen LogP contribution >= 0.6 is 0 Å². The van der Waals surface area contributed by atoms with Gasteiger partial charge in [0.1, 0.15) is 0 Å². The Morgan fingerprint density at radius 3 is 1.33 bits per heavy atom. The third kappa shape index (κ3) is 6.47. The zero-order chi connectivity index (χ0) is 45.4. The number of rotatable bonds is 7. The molecular formula is C64H54N2. The molecule has 2 nitrogen and oxygen atoms in total. The highest BCUT2D eigenvalue weighted by atomic mass is 15.1. The molecule has 0 aliphatic heterocycles. The van der Waals surface area contributed by atoms with Gasteiger partial charge in [-0.1, -0.05) is 198 Å². The summed E-state index contributed by atoms with van der Waals surface area (Å²) in [5, 5.41) is 2.54. The minimum atomic E-state index is -0.426. The minimum absolute atomic E-state index is 0.426. The summed E-state index contributed by atoms with van der Waals surface area (Å²) < 4.78 is 2.37. The number of hydrogen-bond donors (Lipinski definition) is 0. The van der Waals surface area contributed by atoms with Crippen LogP contribution in [-0.2, 0) is 5.41 Å². The van der Waals surface area contributed by atoms with Crippen molar-refractivity contribution in [1.82, 2.24) is 4.57 Å². The first-order chi connectivity index (χ1) is 32.7. The van der Waals surface area contributed by atoms with Crippen LogP contribution in [0.25, 0.3) is 66.4 Å². The maximum atomic E-state index is 4.07. The van der Waals surface area contributed by atoms with E-state index < -0.39 is 5.41 Å². The van der Waals surface area contributed by atoms with Gasteiger partial charge in [-0.25, -0.2) is 0 Å². The van der Waals surface area contributed by atoms with Crippen LogP contribution < -0.4 is 4.90 Å². The molecule has 0 N–H and O–H groups in total. The van der Waals surface area contributed by atoms with Crippen molar-refractivity contribution >= 4 is 44.4 Å². The van der Waals surface area contributed by atoms with Gasteiger partial charge in [0, 0.05) is 33.5 Å². The van der Waals surface area contributed by atoms with Crippen molar-refractivity contribution in [2.75, 3.05) is 4.90 Å². The molecule has 0 saturated carbocycles. The van der Waals surface area contributed by atoms with Crippen molar-refractivity contribution in [3.63, 3.8) is 0 Å². The van der Waals surface area contributed by atoms with Crippen LogP contribution in [0.4, 0.5) is 17.1 Å². The third-order valence-corrected chi connectivity index (χ3v) is 13.4.